The molecule has 1 rings (SSSR count). The average Bonchev–Trinajstić information content (AvgIpc) is 2.13. The Balaban J connectivity index is 2.98. The average molecular weight is 277 g/mol. The fourth-order valence-corrected chi connectivity index (χ4v) is 2.73. The van der Waals surface area contributed by atoms with Gasteiger partial charge in [-0.1, -0.05) is 32.4 Å². The van der Waals surface area contributed by atoms with E-state index in [9.17, 15) is 8.42 Å². The van der Waals surface area contributed by atoms with Crippen molar-refractivity contribution in [2.75, 3.05) is 12.3 Å². The molecule has 0 amide bonds. The molecule has 0 fully saturated rings. The van der Waals surface area contributed by atoms with Crippen LogP contribution in [0.15, 0.2) is 23.1 Å². The third kappa shape index (κ3) is 4.18. The quantitative estimate of drug-likeness (QED) is 0.832. The van der Waals surface area contributed by atoms with Crippen LogP contribution in [0, 0.1) is 5.41 Å². The standard InChI is InChI=1S/C11H17ClN2O2S/c1-11(2,3)7-14-17(15,16)10-5-4-8(12)6-9(10)13/h4-6,14H,7,13H2,1-3H3. The maximum Gasteiger partial charge on any atom is 0.242 e. The summed E-state index contributed by atoms with van der Waals surface area (Å²) in [6, 6.07) is 4.33. The minimum absolute atomic E-state index is 0.0613. The molecule has 3 N–H and O–H groups in total. The number of nitrogen functional groups attached to an aromatic ring is 1. The van der Waals surface area contributed by atoms with Crippen LogP contribution in [0.1, 0.15) is 20.8 Å². The highest BCUT2D eigenvalue weighted by Crippen LogP contribution is 2.23. The lowest BCUT2D eigenvalue weighted by atomic mass is 9.98. The van der Waals surface area contributed by atoms with Gasteiger partial charge in [-0.05, 0) is 23.6 Å². The first-order valence-electron chi connectivity index (χ1n) is 5.16. The fraction of sp³-hybridized carbons (Fsp3) is 0.455. The lowest BCUT2D eigenvalue weighted by molar-refractivity contribution is 0.407. The van der Waals surface area contributed by atoms with Gasteiger partial charge in [-0.3, -0.25) is 0 Å². The van der Waals surface area contributed by atoms with Crippen LogP contribution in [-0.4, -0.2) is 15.0 Å². The van der Waals surface area contributed by atoms with Crippen molar-refractivity contribution in [3.8, 4) is 0 Å². The predicted molar refractivity (Wildman–Crippen MR) is 70.5 cm³/mol. The number of benzene rings is 1. The molecule has 0 aliphatic heterocycles. The Hall–Kier alpha value is -0.780. The van der Waals surface area contributed by atoms with Gasteiger partial charge in [0.15, 0.2) is 0 Å². The molecule has 6 heteroatoms. The molecule has 0 atom stereocenters. The van der Waals surface area contributed by atoms with E-state index in [0.29, 0.717) is 11.6 Å². The van der Waals surface area contributed by atoms with Gasteiger partial charge in [-0.2, -0.15) is 0 Å². The zero-order valence-electron chi connectivity index (χ0n) is 10.1. The molecule has 0 saturated carbocycles. The second-order valence-electron chi connectivity index (χ2n) is 5.07. The summed E-state index contributed by atoms with van der Waals surface area (Å²) < 4.78 is 26.5. The molecule has 0 aromatic heterocycles. The Morgan fingerprint density at radius 1 is 1.35 bits per heavy atom. The Bertz CT molecular complexity index is 507. The Morgan fingerprint density at radius 3 is 2.41 bits per heavy atom. The molecular weight excluding hydrogens is 260 g/mol. The molecule has 0 heterocycles. The van der Waals surface area contributed by atoms with E-state index in [1.54, 1.807) is 0 Å². The number of hydrogen-bond donors (Lipinski definition) is 2. The van der Waals surface area contributed by atoms with Gasteiger partial charge in [0.2, 0.25) is 10.0 Å². The maximum atomic E-state index is 12.0. The van der Waals surface area contributed by atoms with Crippen molar-refractivity contribution in [1.82, 2.24) is 4.72 Å². The van der Waals surface area contributed by atoms with Gasteiger partial charge in [0.1, 0.15) is 4.90 Å². The molecule has 17 heavy (non-hydrogen) atoms. The summed E-state index contributed by atoms with van der Waals surface area (Å²) in [6.07, 6.45) is 0. The molecular formula is C11H17ClN2O2S. The molecule has 0 aliphatic carbocycles. The van der Waals surface area contributed by atoms with Gasteiger partial charge < -0.3 is 5.73 Å². The summed E-state index contributed by atoms with van der Waals surface area (Å²) in [7, 11) is -3.57. The van der Waals surface area contributed by atoms with E-state index in [0.717, 1.165) is 0 Å². The monoisotopic (exact) mass is 276 g/mol. The number of hydrogen-bond acceptors (Lipinski definition) is 3. The number of rotatable bonds is 3. The van der Waals surface area contributed by atoms with E-state index >= 15 is 0 Å². The minimum atomic E-state index is -3.57. The van der Waals surface area contributed by atoms with Crippen LogP contribution in [0.25, 0.3) is 0 Å². The van der Waals surface area contributed by atoms with Crippen LogP contribution >= 0.6 is 11.6 Å². The first-order chi connectivity index (χ1) is 7.62. The third-order valence-electron chi connectivity index (χ3n) is 2.05. The second kappa shape index (κ2) is 4.84. The molecule has 1 aromatic rings. The lowest BCUT2D eigenvalue weighted by Crippen LogP contribution is -2.32. The Morgan fingerprint density at radius 2 is 1.94 bits per heavy atom. The molecule has 1 aromatic carbocycles. The number of anilines is 1. The molecule has 0 aliphatic rings. The summed E-state index contributed by atoms with van der Waals surface area (Å²) in [5.41, 5.74) is 5.66. The van der Waals surface area contributed by atoms with E-state index in [1.807, 2.05) is 20.8 Å². The van der Waals surface area contributed by atoms with Gasteiger partial charge in [0.05, 0.1) is 5.69 Å². The number of nitrogens with one attached hydrogen (secondary N) is 1. The molecule has 0 unspecified atom stereocenters. The summed E-state index contributed by atoms with van der Waals surface area (Å²) in [5, 5.41) is 0.414. The highest BCUT2D eigenvalue weighted by atomic mass is 35.5. The number of sulfonamides is 1. The molecule has 0 saturated heterocycles. The molecule has 4 nitrogen and oxygen atoms in total. The van der Waals surface area contributed by atoms with Gasteiger partial charge in [-0.15, -0.1) is 0 Å². The van der Waals surface area contributed by atoms with Crippen LogP contribution < -0.4 is 10.5 Å². The largest absolute Gasteiger partial charge is 0.398 e. The van der Waals surface area contributed by atoms with E-state index < -0.39 is 10.0 Å². The van der Waals surface area contributed by atoms with Crippen molar-refractivity contribution >= 4 is 27.3 Å². The molecule has 0 radical (unpaired) electrons. The minimum Gasteiger partial charge on any atom is -0.398 e. The van der Waals surface area contributed by atoms with Crippen molar-refractivity contribution in [2.24, 2.45) is 5.41 Å². The number of halogens is 1. The number of nitrogens with two attached hydrogens (primary N) is 1. The van der Waals surface area contributed by atoms with E-state index in [4.69, 9.17) is 17.3 Å². The van der Waals surface area contributed by atoms with Gasteiger partial charge >= 0.3 is 0 Å². The van der Waals surface area contributed by atoms with Crippen LogP contribution in [0.2, 0.25) is 5.02 Å². The zero-order chi connectivity index (χ0) is 13.3. The Labute approximate surface area is 107 Å². The summed E-state index contributed by atoms with van der Waals surface area (Å²) in [5.74, 6) is 0. The van der Waals surface area contributed by atoms with Crippen LogP contribution in [0.5, 0.6) is 0 Å². The molecule has 0 bridgehead atoms. The zero-order valence-corrected chi connectivity index (χ0v) is 11.7. The topological polar surface area (TPSA) is 72.2 Å². The Kier molecular flexibility index (Phi) is 4.06. The van der Waals surface area contributed by atoms with Crippen LogP contribution in [0.3, 0.4) is 0 Å². The predicted octanol–water partition coefficient (Wildman–Crippen LogP) is 2.25. The van der Waals surface area contributed by atoms with Crippen molar-refractivity contribution in [3.05, 3.63) is 23.2 Å². The molecule has 0 spiro atoms. The van der Waals surface area contributed by atoms with Gasteiger partial charge in [0.25, 0.3) is 0 Å². The SMILES string of the molecule is CC(C)(C)CNS(=O)(=O)c1ccc(Cl)cc1N. The summed E-state index contributed by atoms with van der Waals surface area (Å²) in [6.45, 7) is 6.18. The molecule has 96 valence electrons. The fourth-order valence-electron chi connectivity index (χ4n) is 1.15. The normalized spacial score (nSPS) is 12.7. The lowest BCUT2D eigenvalue weighted by Gasteiger charge is -2.19. The highest BCUT2D eigenvalue weighted by Gasteiger charge is 2.20. The summed E-state index contributed by atoms with van der Waals surface area (Å²) in [4.78, 5) is 0.0613. The van der Waals surface area contributed by atoms with E-state index in [2.05, 4.69) is 4.72 Å². The first-order valence-corrected chi connectivity index (χ1v) is 7.03. The van der Waals surface area contributed by atoms with Gasteiger partial charge in [0, 0.05) is 11.6 Å². The first kappa shape index (κ1) is 14.3. The van der Waals surface area contributed by atoms with Crippen molar-refractivity contribution < 1.29 is 8.42 Å². The van der Waals surface area contributed by atoms with Crippen LogP contribution in [-0.2, 0) is 10.0 Å². The van der Waals surface area contributed by atoms with E-state index in [-0.39, 0.29) is 16.0 Å². The van der Waals surface area contributed by atoms with Gasteiger partial charge in [-0.25, -0.2) is 13.1 Å². The summed E-state index contributed by atoms with van der Waals surface area (Å²) >= 11 is 5.72. The van der Waals surface area contributed by atoms with Crippen LogP contribution in [0.4, 0.5) is 5.69 Å². The smallest absolute Gasteiger partial charge is 0.242 e. The van der Waals surface area contributed by atoms with Crippen molar-refractivity contribution in [2.45, 2.75) is 25.7 Å². The maximum absolute atomic E-state index is 12.0. The van der Waals surface area contributed by atoms with Crippen molar-refractivity contribution in [3.63, 3.8) is 0 Å². The van der Waals surface area contributed by atoms with E-state index in [1.165, 1.54) is 18.2 Å². The highest BCUT2D eigenvalue weighted by molar-refractivity contribution is 7.89. The second-order valence-corrected chi connectivity index (χ2v) is 7.24. The third-order valence-corrected chi connectivity index (χ3v) is 3.76. The van der Waals surface area contributed by atoms with Crippen molar-refractivity contribution in [1.29, 1.82) is 0 Å².